The fourth-order valence-electron chi connectivity index (χ4n) is 3.56. The summed E-state index contributed by atoms with van der Waals surface area (Å²) >= 11 is 0. The average molecular weight is 375 g/mol. The molecule has 1 fully saturated rings. The first kappa shape index (κ1) is 19.2. The molecule has 1 aromatic carbocycles. The van der Waals surface area contributed by atoms with Gasteiger partial charge in [0.25, 0.3) is 0 Å². The third-order valence-electron chi connectivity index (χ3n) is 4.52. The van der Waals surface area contributed by atoms with E-state index in [2.05, 4.69) is 10.3 Å². The lowest BCUT2D eigenvalue weighted by molar-refractivity contribution is -0.121. The normalized spacial score (nSPS) is 20.4. The molecule has 0 unspecified atom stereocenters. The van der Waals surface area contributed by atoms with Crippen molar-refractivity contribution in [2.75, 3.05) is 39.2 Å². The molecule has 2 heterocycles. The van der Waals surface area contributed by atoms with E-state index in [4.69, 9.17) is 14.2 Å². The minimum absolute atomic E-state index is 0.0698. The van der Waals surface area contributed by atoms with E-state index in [9.17, 15) is 9.59 Å². The van der Waals surface area contributed by atoms with Gasteiger partial charge in [0.15, 0.2) is 0 Å². The SMILES string of the molecule is COC(=O)c1[nH]c2cccc(OC)c2c1NC(=O)CN1C[C@H](C)O[C@@H](C)C1. The number of hydrogen-bond donors (Lipinski definition) is 2. The van der Waals surface area contributed by atoms with Crippen LogP contribution in [0, 0.1) is 0 Å². The van der Waals surface area contributed by atoms with Crippen LogP contribution < -0.4 is 10.1 Å². The van der Waals surface area contributed by atoms with Gasteiger partial charge in [0.2, 0.25) is 5.91 Å². The molecule has 146 valence electrons. The third-order valence-corrected chi connectivity index (χ3v) is 4.52. The second-order valence-corrected chi connectivity index (χ2v) is 6.75. The van der Waals surface area contributed by atoms with Crippen LogP contribution >= 0.6 is 0 Å². The summed E-state index contributed by atoms with van der Waals surface area (Å²) in [6.07, 6.45) is 0.140. The molecule has 2 atom stereocenters. The summed E-state index contributed by atoms with van der Waals surface area (Å²) in [5.74, 6) is -0.215. The Morgan fingerprint density at radius 2 is 1.96 bits per heavy atom. The standard InChI is InChI=1S/C19H25N3O5/c1-11-8-22(9-12(2)27-11)10-15(23)21-17-16-13(6-5-7-14(16)25-3)20-18(17)19(24)26-4/h5-7,11-12,20H,8-10H2,1-4H3,(H,21,23)/t11-,12-/m0/s1. The molecule has 1 aliphatic heterocycles. The Balaban J connectivity index is 1.88. The molecule has 1 amide bonds. The smallest absolute Gasteiger partial charge is 0.356 e. The zero-order chi connectivity index (χ0) is 19.6. The van der Waals surface area contributed by atoms with Crippen LogP contribution in [0.4, 0.5) is 5.69 Å². The van der Waals surface area contributed by atoms with Crippen molar-refractivity contribution in [2.45, 2.75) is 26.1 Å². The maximum atomic E-state index is 12.7. The molecule has 3 rings (SSSR count). The molecular weight excluding hydrogens is 350 g/mol. The van der Waals surface area contributed by atoms with Crippen LogP contribution in [0.5, 0.6) is 5.75 Å². The lowest BCUT2D eigenvalue weighted by Gasteiger charge is -2.34. The zero-order valence-corrected chi connectivity index (χ0v) is 16.0. The number of nitrogens with zero attached hydrogens (tertiary/aromatic N) is 1. The maximum absolute atomic E-state index is 12.7. The summed E-state index contributed by atoms with van der Waals surface area (Å²) in [6, 6.07) is 5.39. The van der Waals surface area contributed by atoms with Gasteiger partial charge < -0.3 is 24.5 Å². The van der Waals surface area contributed by atoms with Crippen molar-refractivity contribution in [1.29, 1.82) is 0 Å². The van der Waals surface area contributed by atoms with Crippen LogP contribution in [0.2, 0.25) is 0 Å². The molecule has 8 heteroatoms. The van der Waals surface area contributed by atoms with Gasteiger partial charge in [-0.15, -0.1) is 0 Å². The van der Waals surface area contributed by atoms with E-state index < -0.39 is 5.97 Å². The number of anilines is 1. The van der Waals surface area contributed by atoms with Gasteiger partial charge in [-0.3, -0.25) is 9.69 Å². The molecule has 0 radical (unpaired) electrons. The number of esters is 1. The number of methoxy groups -OCH3 is 2. The molecule has 1 aromatic heterocycles. The average Bonchev–Trinajstić information content (AvgIpc) is 2.98. The highest BCUT2D eigenvalue weighted by Gasteiger charge is 2.26. The van der Waals surface area contributed by atoms with Crippen molar-refractivity contribution in [3.63, 3.8) is 0 Å². The van der Waals surface area contributed by atoms with E-state index in [1.54, 1.807) is 19.2 Å². The number of benzene rings is 1. The minimum Gasteiger partial charge on any atom is -0.496 e. The van der Waals surface area contributed by atoms with Crippen molar-refractivity contribution in [2.24, 2.45) is 0 Å². The van der Waals surface area contributed by atoms with Gasteiger partial charge in [0.05, 0.1) is 49.6 Å². The molecule has 2 aromatic rings. The van der Waals surface area contributed by atoms with Gasteiger partial charge >= 0.3 is 5.97 Å². The Bertz CT molecular complexity index is 837. The maximum Gasteiger partial charge on any atom is 0.356 e. The Morgan fingerprint density at radius 3 is 2.59 bits per heavy atom. The highest BCUT2D eigenvalue weighted by molar-refractivity contribution is 6.13. The van der Waals surface area contributed by atoms with Gasteiger partial charge in [-0.2, -0.15) is 0 Å². The molecule has 2 N–H and O–H groups in total. The number of carbonyl (C=O) groups excluding carboxylic acids is 2. The Kier molecular flexibility index (Phi) is 5.67. The lowest BCUT2D eigenvalue weighted by Crippen LogP contribution is -2.48. The van der Waals surface area contributed by atoms with Crippen LogP contribution in [0.25, 0.3) is 10.9 Å². The Hall–Kier alpha value is -2.58. The summed E-state index contributed by atoms with van der Waals surface area (Å²) < 4.78 is 16.0. The van der Waals surface area contributed by atoms with Gasteiger partial charge in [0.1, 0.15) is 11.4 Å². The molecule has 0 aliphatic carbocycles. The third kappa shape index (κ3) is 4.06. The van der Waals surface area contributed by atoms with Crippen molar-refractivity contribution < 1.29 is 23.8 Å². The van der Waals surface area contributed by atoms with E-state index in [1.807, 2.05) is 24.8 Å². The molecule has 0 bridgehead atoms. The zero-order valence-electron chi connectivity index (χ0n) is 16.0. The summed E-state index contributed by atoms with van der Waals surface area (Å²) in [7, 11) is 2.84. The van der Waals surface area contributed by atoms with Gasteiger partial charge in [-0.05, 0) is 26.0 Å². The summed E-state index contributed by atoms with van der Waals surface area (Å²) in [4.78, 5) is 29.9. The highest BCUT2D eigenvalue weighted by atomic mass is 16.5. The van der Waals surface area contributed by atoms with E-state index in [1.165, 1.54) is 7.11 Å². The van der Waals surface area contributed by atoms with E-state index in [-0.39, 0.29) is 30.4 Å². The van der Waals surface area contributed by atoms with Gasteiger partial charge in [0, 0.05) is 13.1 Å². The molecule has 0 saturated carbocycles. The fraction of sp³-hybridized carbons (Fsp3) is 0.474. The number of aromatic nitrogens is 1. The van der Waals surface area contributed by atoms with Crippen molar-refractivity contribution in [3.05, 3.63) is 23.9 Å². The molecule has 8 nitrogen and oxygen atoms in total. The first-order valence-corrected chi connectivity index (χ1v) is 8.87. The van der Waals surface area contributed by atoms with Crippen molar-refractivity contribution in [3.8, 4) is 5.75 Å². The molecule has 0 spiro atoms. The number of nitrogens with one attached hydrogen (secondary N) is 2. The minimum atomic E-state index is -0.558. The number of carbonyl (C=O) groups is 2. The second-order valence-electron chi connectivity index (χ2n) is 6.75. The largest absolute Gasteiger partial charge is 0.496 e. The van der Waals surface area contributed by atoms with Crippen LogP contribution in [0.1, 0.15) is 24.3 Å². The predicted molar refractivity (Wildman–Crippen MR) is 101 cm³/mol. The fourth-order valence-corrected chi connectivity index (χ4v) is 3.56. The predicted octanol–water partition coefficient (Wildman–Crippen LogP) is 2.01. The molecule has 1 saturated heterocycles. The number of H-pyrrole nitrogens is 1. The van der Waals surface area contributed by atoms with Crippen LogP contribution in [-0.2, 0) is 14.3 Å². The van der Waals surface area contributed by atoms with Gasteiger partial charge in [-0.25, -0.2) is 4.79 Å². The number of hydrogen-bond acceptors (Lipinski definition) is 6. The first-order chi connectivity index (χ1) is 12.9. The quantitative estimate of drug-likeness (QED) is 0.777. The van der Waals surface area contributed by atoms with Crippen LogP contribution in [0.3, 0.4) is 0 Å². The number of aromatic amines is 1. The monoisotopic (exact) mass is 375 g/mol. The van der Waals surface area contributed by atoms with Crippen molar-refractivity contribution in [1.82, 2.24) is 9.88 Å². The highest BCUT2D eigenvalue weighted by Crippen LogP contribution is 2.35. The van der Waals surface area contributed by atoms with E-state index in [0.29, 0.717) is 35.4 Å². The topological polar surface area (TPSA) is 92.9 Å². The van der Waals surface area contributed by atoms with E-state index in [0.717, 1.165) is 0 Å². The summed E-state index contributed by atoms with van der Waals surface area (Å²) in [5, 5.41) is 3.50. The number of morpholine rings is 1. The Morgan fingerprint density at radius 1 is 1.26 bits per heavy atom. The van der Waals surface area contributed by atoms with Crippen LogP contribution in [0.15, 0.2) is 18.2 Å². The first-order valence-electron chi connectivity index (χ1n) is 8.87. The number of rotatable bonds is 5. The number of fused-ring (bicyclic) bond motifs is 1. The summed E-state index contributed by atoms with van der Waals surface area (Å²) in [5.41, 5.74) is 1.24. The van der Waals surface area contributed by atoms with E-state index >= 15 is 0 Å². The lowest BCUT2D eigenvalue weighted by atomic mass is 10.2. The van der Waals surface area contributed by atoms with Gasteiger partial charge in [-0.1, -0.05) is 6.07 Å². The second kappa shape index (κ2) is 7.98. The number of ether oxygens (including phenoxy) is 3. The molecule has 27 heavy (non-hydrogen) atoms. The molecular formula is C19H25N3O5. The summed E-state index contributed by atoms with van der Waals surface area (Å²) in [6.45, 7) is 5.54. The Labute approximate surface area is 157 Å². The number of amides is 1. The van der Waals surface area contributed by atoms with Crippen molar-refractivity contribution >= 4 is 28.5 Å². The van der Waals surface area contributed by atoms with Crippen LogP contribution in [-0.4, -0.2) is 67.8 Å². The molecule has 1 aliphatic rings.